The molecule has 0 aliphatic carbocycles. The summed E-state index contributed by atoms with van der Waals surface area (Å²) in [6.45, 7) is 5.31. The first-order valence-corrected chi connectivity index (χ1v) is 6.72. The second-order valence-corrected chi connectivity index (χ2v) is 5.17. The molecule has 112 valence electrons. The van der Waals surface area contributed by atoms with E-state index in [-0.39, 0.29) is 18.9 Å². The minimum Gasteiger partial charge on any atom is -0.480 e. The number of carbonyl (C=O) groups is 2. The molecule has 0 radical (unpaired) electrons. The summed E-state index contributed by atoms with van der Waals surface area (Å²) in [5.74, 6) is -2.14. The van der Waals surface area contributed by atoms with Crippen molar-refractivity contribution in [1.29, 1.82) is 0 Å². The zero-order valence-electron chi connectivity index (χ0n) is 12.4. The quantitative estimate of drug-likeness (QED) is 0.607. The third-order valence-electron chi connectivity index (χ3n) is 3.57. The number of hydrogen-bond donors (Lipinski definition) is 1. The molecule has 0 spiro atoms. The van der Waals surface area contributed by atoms with E-state index >= 15 is 0 Å². The molecule has 1 atom stereocenters. The van der Waals surface area contributed by atoms with Crippen molar-refractivity contribution in [2.45, 2.75) is 33.6 Å². The topological polar surface area (TPSA) is 81.4 Å². The SMILES string of the molecule is CCOC(=O)C(CCc1cnn(C)c1)(C(=O)O)C(C)C. The molecule has 0 aliphatic heterocycles. The molecule has 1 rings (SSSR count). The Balaban J connectivity index is 2.97. The second-order valence-electron chi connectivity index (χ2n) is 5.17. The molecule has 6 nitrogen and oxygen atoms in total. The van der Waals surface area contributed by atoms with Crippen molar-refractivity contribution in [2.75, 3.05) is 6.61 Å². The smallest absolute Gasteiger partial charge is 0.323 e. The fourth-order valence-electron chi connectivity index (χ4n) is 2.27. The van der Waals surface area contributed by atoms with Crippen LogP contribution in [-0.4, -0.2) is 33.4 Å². The van der Waals surface area contributed by atoms with Gasteiger partial charge in [0.25, 0.3) is 0 Å². The fraction of sp³-hybridized carbons (Fsp3) is 0.643. The van der Waals surface area contributed by atoms with E-state index in [4.69, 9.17) is 4.74 Å². The first-order chi connectivity index (χ1) is 9.34. The van der Waals surface area contributed by atoms with Gasteiger partial charge in [-0.15, -0.1) is 0 Å². The third kappa shape index (κ3) is 3.18. The van der Waals surface area contributed by atoms with Gasteiger partial charge >= 0.3 is 11.9 Å². The van der Waals surface area contributed by atoms with Gasteiger partial charge in [-0.3, -0.25) is 14.3 Å². The number of esters is 1. The van der Waals surface area contributed by atoms with Crippen molar-refractivity contribution >= 4 is 11.9 Å². The van der Waals surface area contributed by atoms with Crippen LogP contribution in [0.2, 0.25) is 0 Å². The third-order valence-corrected chi connectivity index (χ3v) is 3.57. The Hall–Kier alpha value is -1.85. The number of aryl methyl sites for hydroxylation is 2. The molecule has 1 aromatic heterocycles. The lowest BCUT2D eigenvalue weighted by Crippen LogP contribution is -2.45. The standard InChI is InChI=1S/C14H22N2O4/c1-5-20-13(19)14(10(2)3,12(17)18)7-6-11-8-15-16(4)9-11/h8-10H,5-7H2,1-4H3,(H,17,18). The molecule has 1 heterocycles. The molecule has 0 fully saturated rings. The van der Waals surface area contributed by atoms with E-state index in [2.05, 4.69) is 5.10 Å². The van der Waals surface area contributed by atoms with Crippen LogP contribution in [-0.2, 0) is 27.8 Å². The molecular formula is C14H22N2O4. The molecule has 20 heavy (non-hydrogen) atoms. The summed E-state index contributed by atoms with van der Waals surface area (Å²) in [5, 5.41) is 13.6. The first-order valence-electron chi connectivity index (χ1n) is 6.72. The van der Waals surface area contributed by atoms with Crippen LogP contribution < -0.4 is 0 Å². The summed E-state index contributed by atoms with van der Waals surface area (Å²) in [6, 6.07) is 0. The number of hydrogen-bond acceptors (Lipinski definition) is 4. The van der Waals surface area contributed by atoms with Crippen molar-refractivity contribution in [1.82, 2.24) is 9.78 Å². The summed E-state index contributed by atoms with van der Waals surface area (Å²) in [4.78, 5) is 23.8. The Morgan fingerprint density at radius 1 is 1.50 bits per heavy atom. The van der Waals surface area contributed by atoms with Gasteiger partial charge in [0.15, 0.2) is 5.41 Å². The first kappa shape index (κ1) is 16.2. The number of aliphatic carboxylic acids is 1. The van der Waals surface area contributed by atoms with E-state index in [1.165, 1.54) is 0 Å². The number of aromatic nitrogens is 2. The predicted octanol–water partition coefficient (Wildman–Crippen LogP) is 1.64. The largest absolute Gasteiger partial charge is 0.480 e. The molecule has 1 N–H and O–H groups in total. The molecular weight excluding hydrogens is 260 g/mol. The van der Waals surface area contributed by atoms with Crippen LogP contribution >= 0.6 is 0 Å². The van der Waals surface area contributed by atoms with Crippen molar-refractivity contribution in [3.63, 3.8) is 0 Å². The Morgan fingerprint density at radius 2 is 2.15 bits per heavy atom. The average molecular weight is 282 g/mol. The molecule has 1 unspecified atom stereocenters. The van der Waals surface area contributed by atoms with Gasteiger partial charge in [-0.1, -0.05) is 13.8 Å². The zero-order valence-corrected chi connectivity index (χ0v) is 12.4. The van der Waals surface area contributed by atoms with Gasteiger partial charge in [-0.05, 0) is 31.2 Å². The number of rotatable bonds is 7. The Kier molecular flexibility index (Phi) is 5.30. The summed E-state index contributed by atoms with van der Waals surface area (Å²) in [7, 11) is 1.79. The highest BCUT2D eigenvalue weighted by molar-refractivity contribution is 5.99. The van der Waals surface area contributed by atoms with Crippen molar-refractivity contribution in [3.8, 4) is 0 Å². The van der Waals surface area contributed by atoms with Gasteiger partial charge in [-0.25, -0.2) is 0 Å². The van der Waals surface area contributed by atoms with Gasteiger partial charge < -0.3 is 9.84 Å². The van der Waals surface area contributed by atoms with E-state index in [9.17, 15) is 14.7 Å². The molecule has 0 aromatic carbocycles. The lowest BCUT2D eigenvalue weighted by atomic mass is 9.73. The van der Waals surface area contributed by atoms with Gasteiger partial charge in [0.2, 0.25) is 0 Å². The maximum absolute atomic E-state index is 12.2. The maximum Gasteiger partial charge on any atom is 0.323 e. The van der Waals surface area contributed by atoms with E-state index in [1.807, 2.05) is 6.20 Å². The monoisotopic (exact) mass is 282 g/mol. The van der Waals surface area contributed by atoms with Gasteiger partial charge in [0.1, 0.15) is 0 Å². The van der Waals surface area contributed by atoms with Crippen LogP contribution in [0.15, 0.2) is 12.4 Å². The lowest BCUT2D eigenvalue weighted by Gasteiger charge is -2.30. The highest BCUT2D eigenvalue weighted by atomic mass is 16.5. The van der Waals surface area contributed by atoms with Crippen LogP contribution in [0.3, 0.4) is 0 Å². The van der Waals surface area contributed by atoms with E-state index in [0.717, 1.165) is 5.56 Å². The summed E-state index contributed by atoms with van der Waals surface area (Å²) in [6.07, 6.45) is 4.16. The number of nitrogens with zero attached hydrogens (tertiary/aromatic N) is 2. The number of carboxylic acids is 1. The molecule has 6 heteroatoms. The number of carboxylic acid groups (broad SMARTS) is 1. The second kappa shape index (κ2) is 6.54. The maximum atomic E-state index is 12.2. The number of ether oxygens (including phenoxy) is 1. The van der Waals surface area contributed by atoms with E-state index < -0.39 is 17.4 Å². The summed E-state index contributed by atoms with van der Waals surface area (Å²) in [5.41, 5.74) is -0.602. The van der Waals surface area contributed by atoms with Crippen LogP contribution in [0.1, 0.15) is 32.8 Å². The molecule has 0 bridgehead atoms. The van der Waals surface area contributed by atoms with Crippen molar-refractivity contribution in [3.05, 3.63) is 18.0 Å². The molecule has 1 aromatic rings. The van der Waals surface area contributed by atoms with Crippen molar-refractivity contribution < 1.29 is 19.4 Å². The Labute approximate surface area is 118 Å². The van der Waals surface area contributed by atoms with Gasteiger partial charge in [0.05, 0.1) is 12.8 Å². The predicted molar refractivity (Wildman–Crippen MR) is 73.1 cm³/mol. The van der Waals surface area contributed by atoms with Gasteiger partial charge in [0, 0.05) is 13.2 Å². The van der Waals surface area contributed by atoms with E-state index in [0.29, 0.717) is 6.42 Å². The summed E-state index contributed by atoms with van der Waals surface area (Å²) < 4.78 is 6.63. The van der Waals surface area contributed by atoms with Crippen LogP contribution in [0.25, 0.3) is 0 Å². The van der Waals surface area contributed by atoms with Crippen LogP contribution in [0.4, 0.5) is 0 Å². The van der Waals surface area contributed by atoms with E-state index in [1.54, 1.807) is 38.7 Å². The molecule has 0 saturated heterocycles. The minimum atomic E-state index is -1.51. The highest BCUT2D eigenvalue weighted by Crippen LogP contribution is 2.35. The zero-order chi connectivity index (χ0) is 15.3. The number of carbonyl (C=O) groups excluding carboxylic acids is 1. The Bertz CT molecular complexity index is 481. The van der Waals surface area contributed by atoms with Crippen molar-refractivity contribution in [2.24, 2.45) is 18.4 Å². The fourth-order valence-corrected chi connectivity index (χ4v) is 2.27. The average Bonchev–Trinajstić information content (AvgIpc) is 2.75. The molecule has 0 aliphatic rings. The molecule has 0 amide bonds. The Morgan fingerprint density at radius 3 is 2.55 bits per heavy atom. The highest BCUT2D eigenvalue weighted by Gasteiger charge is 2.50. The molecule has 0 saturated carbocycles. The van der Waals surface area contributed by atoms with Crippen LogP contribution in [0, 0.1) is 11.3 Å². The minimum absolute atomic E-state index is 0.174. The summed E-state index contributed by atoms with van der Waals surface area (Å²) >= 11 is 0. The normalized spacial score (nSPS) is 14.1. The van der Waals surface area contributed by atoms with Gasteiger partial charge in [-0.2, -0.15) is 5.10 Å². The lowest BCUT2D eigenvalue weighted by molar-refractivity contribution is -0.173. The van der Waals surface area contributed by atoms with Crippen LogP contribution in [0.5, 0.6) is 0 Å².